The van der Waals surface area contributed by atoms with Gasteiger partial charge in [-0.3, -0.25) is 0 Å². The minimum atomic E-state index is -4.47. The van der Waals surface area contributed by atoms with E-state index in [9.17, 15) is 18.0 Å². The van der Waals surface area contributed by atoms with Crippen LogP contribution in [0.5, 0.6) is 0 Å². The van der Waals surface area contributed by atoms with E-state index in [1.54, 1.807) is 0 Å². The molecule has 6 heteroatoms. The van der Waals surface area contributed by atoms with Crippen LogP contribution in [-0.4, -0.2) is 6.08 Å². The normalized spacial score (nSPS) is 13.1. The van der Waals surface area contributed by atoms with Gasteiger partial charge in [0.15, 0.2) is 0 Å². The summed E-state index contributed by atoms with van der Waals surface area (Å²) < 4.78 is 37.3. The van der Waals surface area contributed by atoms with E-state index in [4.69, 9.17) is 11.6 Å². The largest absolute Gasteiger partial charge is 0.416 e. The summed E-state index contributed by atoms with van der Waals surface area (Å²) in [5, 5.41) is -0.0437. The highest BCUT2D eigenvalue weighted by atomic mass is 35.5. The van der Waals surface area contributed by atoms with Gasteiger partial charge in [-0.25, -0.2) is 4.79 Å². The number of carbonyl (C=O) groups excluding carboxylic acids is 1. The van der Waals surface area contributed by atoms with Crippen LogP contribution in [0.1, 0.15) is 24.1 Å². The molecular formula is C10H7ClF3NO. The number of nitrogens with zero attached hydrogens (tertiary/aromatic N) is 1. The molecule has 0 saturated heterocycles. The molecule has 1 aromatic carbocycles. The number of benzene rings is 1. The molecule has 2 nitrogen and oxygen atoms in total. The van der Waals surface area contributed by atoms with Crippen molar-refractivity contribution in [2.75, 3.05) is 0 Å². The highest BCUT2D eigenvalue weighted by Crippen LogP contribution is 2.33. The van der Waals surface area contributed by atoms with Crippen molar-refractivity contribution in [1.29, 1.82) is 0 Å². The Morgan fingerprint density at radius 1 is 1.38 bits per heavy atom. The molecule has 0 radical (unpaired) electrons. The van der Waals surface area contributed by atoms with Gasteiger partial charge in [0, 0.05) is 5.02 Å². The molecule has 1 aromatic rings. The van der Waals surface area contributed by atoms with Crippen molar-refractivity contribution in [3.8, 4) is 0 Å². The monoisotopic (exact) mass is 249 g/mol. The Kier molecular flexibility index (Phi) is 3.73. The van der Waals surface area contributed by atoms with E-state index in [1.165, 1.54) is 19.1 Å². The number of hydrogen-bond donors (Lipinski definition) is 0. The summed E-state index contributed by atoms with van der Waals surface area (Å²) in [6.07, 6.45) is -3.17. The molecule has 16 heavy (non-hydrogen) atoms. The van der Waals surface area contributed by atoms with E-state index in [2.05, 4.69) is 4.99 Å². The Hall–Kier alpha value is -1.32. The molecular weight excluding hydrogens is 243 g/mol. The number of hydrogen-bond acceptors (Lipinski definition) is 2. The molecule has 0 aliphatic heterocycles. The summed E-state index contributed by atoms with van der Waals surface area (Å²) in [7, 11) is 0. The third kappa shape index (κ3) is 3.08. The summed E-state index contributed by atoms with van der Waals surface area (Å²) in [6.45, 7) is 1.48. The SMILES string of the molecule is CC(N=C=O)c1cc(Cl)cc(C(F)(F)F)c1. The molecule has 86 valence electrons. The molecule has 1 unspecified atom stereocenters. The maximum atomic E-state index is 12.4. The first kappa shape index (κ1) is 12.7. The number of aliphatic imine (C=N–C) groups is 1. The topological polar surface area (TPSA) is 29.4 Å². The van der Waals surface area contributed by atoms with Crippen LogP contribution in [0.15, 0.2) is 23.2 Å². The van der Waals surface area contributed by atoms with Crippen LogP contribution in [0.3, 0.4) is 0 Å². The van der Waals surface area contributed by atoms with Crippen molar-refractivity contribution in [2.45, 2.75) is 19.1 Å². The zero-order valence-electron chi connectivity index (χ0n) is 8.18. The number of isocyanates is 1. The second-order valence-electron chi connectivity index (χ2n) is 3.17. The molecule has 0 fully saturated rings. The fourth-order valence-corrected chi connectivity index (χ4v) is 1.41. The van der Waals surface area contributed by atoms with Crippen molar-refractivity contribution in [3.63, 3.8) is 0 Å². The Balaban J connectivity index is 3.23. The molecule has 0 aromatic heterocycles. The van der Waals surface area contributed by atoms with Gasteiger partial charge in [-0.2, -0.15) is 18.2 Å². The van der Waals surface area contributed by atoms with Gasteiger partial charge in [0.2, 0.25) is 6.08 Å². The van der Waals surface area contributed by atoms with E-state index < -0.39 is 17.8 Å². The molecule has 0 heterocycles. The van der Waals surface area contributed by atoms with Crippen LogP contribution in [0.25, 0.3) is 0 Å². The molecule has 0 bridgehead atoms. The lowest BCUT2D eigenvalue weighted by atomic mass is 10.1. The summed E-state index contributed by atoms with van der Waals surface area (Å²) >= 11 is 5.56. The van der Waals surface area contributed by atoms with E-state index >= 15 is 0 Å². The van der Waals surface area contributed by atoms with Crippen molar-refractivity contribution >= 4 is 17.7 Å². The first-order valence-corrected chi connectivity index (χ1v) is 4.67. The smallest absolute Gasteiger partial charge is 0.211 e. The van der Waals surface area contributed by atoms with Crippen LogP contribution in [0.2, 0.25) is 5.02 Å². The summed E-state index contributed by atoms with van der Waals surface area (Å²) in [4.78, 5) is 13.3. The Labute approximate surface area is 94.7 Å². The minimum absolute atomic E-state index is 0.0437. The minimum Gasteiger partial charge on any atom is -0.211 e. The summed E-state index contributed by atoms with van der Waals surface area (Å²) in [6, 6.07) is 2.37. The van der Waals surface area contributed by atoms with E-state index in [-0.39, 0.29) is 10.6 Å². The van der Waals surface area contributed by atoms with Gasteiger partial charge >= 0.3 is 6.18 Å². The van der Waals surface area contributed by atoms with Crippen molar-refractivity contribution in [3.05, 3.63) is 34.3 Å². The third-order valence-corrected chi connectivity index (χ3v) is 2.19. The predicted molar refractivity (Wildman–Crippen MR) is 53.0 cm³/mol. The first-order chi connectivity index (χ1) is 7.34. The van der Waals surface area contributed by atoms with Gasteiger partial charge in [-0.05, 0) is 30.7 Å². The standard InChI is InChI=1S/C10H7ClF3NO/c1-6(15-5-16)7-2-8(10(12,13)14)4-9(11)3-7/h2-4,6H,1H3. The van der Waals surface area contributed by atoms with Gasteiger partial charge in [0.1, 0.15) is 0 Å². The van der Waals surface area contributed by atoms with Crippen LogP contribution in [0.4, 0.5) is 13.2 Å². The quantitative estimate of drug-likeness (QED) is 0.580. The molecule has 0 aliphatic carbocycles. The highest BCUT2D eigenvalue weighted by Gasteiger charge is 2.31. The lowest BCUT2D eigenvalue weighted by Crippen LogP contribution is -2.06. The molecule has 0 saturated carbocycles. The zero-order chi connectivity index (χ0) is 12.3. The second-order valence-corrected chi connectivity index (χ2v) is 3.60. The van der Waals surface area contributed by atoms with Gasteiger partial charge in [-0.15, -0.1) is 0 Å². The average molecular weight is 250 g/mol. The molecule has 1 rings (SSSR count). The Morgan fingerprint density at radius 3 is 2.50 bits per heavy atom. The summed E-state index contributed by atoms with van der Waals surface area (Å²) in [5.41, 5.74) is -0.633. The molecule has 0 spiro atoms. The second kappa shape index (κ2) is 4.68. The van der Waals surface area contributed by atoms with Crippen molar-refractivity contribution in [2.24, 2.45) is 4.99 Å². The lowest BCUT2D eigenvalue weighted by Gasteiger charge is -2.11. The van der Waals surface area contributed by atoms with Gasteiger partial charge in [0.05, 0.1) is 11.6 Å². The van der Waals surface area contributed by atoms with Gasteiger partial charge < -0.3 is 0 Å². The van der Waals surface area contributed by atoms with Crippen LogP contribution in [0, 0.1) is 0 Å². The molecule has 0 amide bonds. The van der Waals surface area contributed by atoms with Crippen molar-refractivity contribution in [1.82, 2.24) is 0 Å². The number of rotatable bonds is 2. The van der Waals surface area contributed by atoms with Crippen LogP contribution >= 0.6 is 11.6 Å². The highest BCUT2D eigenvalue weighted by molar-refractivity contribution is 6.30. The summed E-state index contributed by atoms with van der Waals surface area (Å²) in [5.74, 6) is 0. The fourth-order valence-electron chi connectivity index (χ4n) is 1.17. The van der Waals surface area contributed by atoms with Gasteiger partial charge in [-0.1, -0.05) is 11.6 Å². The fraction of sp³-hybridized carbons (Fsp3) is 0.300. The van der Waals surface area contributed by atoms with Crippen LogP contribution < -0.4 is 0 Å². The Morgan fingerprint density at radius 2 is 2.00 bits per heavy atom. The van der Waals surface area contributed by atoms with Crippen molar-refractivity contribution < 1.29 is 18.0 Å². The van der Waals surface area contributed by atoms with E-state index in [0.29, 0.717) is 0 Å². The zero-order valence-corrected chi connectivity index (χ0v) is 8.93. The first-order valence-electron chi connectivity index (χ1n) is 4.29. The van der Waals surface area contributed by atoms with E-state index in [0.717, 1.165) is 12.1 Å². The number of alkyl halides is 3. The number of halogens is 4. The van der Waals surface area contributed by atoms with Crippen LogP contribution in [-0.2, 0) is 11.0 Å². The predicted octanol–water partition coefficient (Wildman–Crippen LogP) is 3.76. The lowest BCUT2D eigenvalue weighted by molar-refractivity contribution is -0.137. The van der Waals surface area contributed by atoms with E-state index in [1.807, 2.05) is 0 Å². The average Bonchev–Trinajstić information content (AvgIpc) is 2.16. The molecule has 1 atom stereocenters. The molecule has 0 N–H and O–H groups in total. The molecule has 0 aliphatic rings. The maximum absolute atomic E-state index is 12.4. The maximum Gasteiger partial charge on any atom is 0.416 e. The Bertz CT molecular complexity index is 438. The third-order valence-electron chi connectivity index (χ3n) is 1.98. The van der Waals surface area contributed by atoms with Gasteiger partial charge in [0.25, 0.3) is 0 Å².